The summed E-state index contributed by atoms with van der Waals surface area (Å²) in [5, 5.41) is 7.65. The van der Waals surface area contributed by atoms with Gasteiger partial charge in [-0.3, -0.25) is 4.79 Å². The Balaban J connectivity index is 1.52. The normalized spacial score (nSPS) is 11.0. The maximum Gasteiger partial charge on any atom is 0.224 e. The molecule has 1 amide bonds. The first-order valence-corrected chi connectivity index (χ1v) is 9.64. The first-order chi connectivity index (χ1) is 13.5. The maximum absolute atomic E-state index is 12.4. The van der Waals surface area contributed by atoms with Crippen LogP contribution in [0.25, 0.3) is 5.69 Å². The maximum atomic E-state index is 12.4. The van der Waals surface area contributed by atoms with Crippen LogP contribution in [0.4, 0.5) is 0 Å². The number of nitrogens with zero attached hydrogens (tertiary/aromatic N) is 3. The number of carbonyl (C=O) groups is 1. The molecule has 0 aliphatic rings. The first-order valence-electron chi connectivity index (χ1n) is 9.64. The molecule has 0 bridgehead atoms. The van der Waals surface area contributed by atoms with Crippen molar-refractivity contribution in [3.63, 3.8) is 0 Å². The molecule has 146 valence electrons. The molecular weight excluding hydrogens is 348 g/mol. The van der Waals surface area contributed by atoms with Crippen molar-refractivity contribution in [1.29, 1.82) is 0 Å². The van der Waals surface area contributed by atoms with Gasteiger partial charge in [0.15, 0.2) is 0 Å². The standard InChI is InChI=1S/C23H28N4O/c1-18-22(19(2)27(25-18)21-12-8-5-9-13-21)16-23(28)24-14-15-26(3)17-20-10-6-4-7-11-20/h4-13H,14-17H2,1-3H3,(H,24,28). The Labute approximate surface area is 167 Å². The van der Waals surface area contributed by atoms with Crippen LogP contribution in [0.15, 0.2) is 60.7 Å². The van der Waals surface area contributed by atoms with Crippen molar-refractivity contribution in [2.24, 2.45) is 0 Å². The summed E-state index contributed by atoms with van der Waals surface area (Å²) in [6.45, 7) is 6.29. The van der Waals surface area contributed by atoms with Gasteiger partial charge in [-0.2, -0.15) is 5.10 Å². The predicted molar refractivity (Wildman–Crippen MR) is 113 cm³/mol. The molecule has 5 nitrogen and oxygen atoms in total. The molecule has 0 saturated carbocycles. The number of rotatable bonds is 8. The minimum absolute atomic E-state index is 0.0342. The average Bonchev–Trinajstić information content (AvgIpc) is 2.97. The molecule has 0 fully saturated rings. The highest BCUT2D eigenvalue weighted by molar-refractivity contribution is 5.79. The largest absolute Gasteiger partial charge is 0.355 e. The zero-order valence-electron chi connectivity index (χ0n) is 16.9. The Hall–Kier alpha value is -2.92. The van der Waals surface area contributed by atoms with Crippen LogP contribution < -0.4 is 5.32 Å². The summed E-state index contributed by atoms with van der Waals surface area (Å²) in [7, 11) is 2.07. The number of aromatic nitrogens is 2. The molecule has 28 heavy (non-hydrogen) atoms. The molecule has 0 atom stereocenters. The lowest BCUT2D eigenvalue weighted by Gasteiger charge is -2.17. The lowest BCUT2D eigenvalue weighted by atomic mass is 10.1. The van der Waals surface area contributed by atoms with E-state index in [4.69, 9.17) is 0 Å². The number of hydrogen-bond donors (Lipinski definition) is 1. The fourth-order valence-electron chi connectivity index (χ4n) is 3.33. The van der Waals surface area contributed by atoms with Crippen molar-refractivity contribution >= 4 is 5.91 Å². The van der Waals surface area contributed by atoms with Crippen LogP contribution >= 0.6 is 0 Å². The molecule has 0 radical (unpaired) electrons. The second-order valence-electron chi connectivity index (χ2n) is 7.15. The van der Waals surface area contributed by atoms with E-state index in [1.54, 1.807) is 0 Å². The van der Waals surface area contributed by atoms with Crippen LogP contribution in [-0.4, -0.2) is 40.7 Å². The summed E-state index contributed by atoms with van der Waals surface area (Å²) in [5.41, 5.74) is 5.20. The predicted octanol–water partition coefficient (Wildman–Crippen LogP) is 3.28. The molecule has 0 aliphatic heterocycles. The molecular formula is C23H28N4O. The lowest BCUT2D eigenvalue weighted by molar-refractivity contribution is -0.120. The van der Waals surface area contributed by atoms with Crippen molar-refractivity contribution in [2.75, 3.05) is 20.1 Å². The Bertz CT molecular complexity index is 903. The number of para-hydroxylation sites is 1. The van der Waals surface area contributed by atoms with Gasteiger partial charge < -0.3 is 10.2 Å². The molecule has 1 aromatic heterocycles. The smallest absolute Gasteiger partial charge is 0.224 e. The quantitative estimate of drug-likeness (QED) is 0.656. The molecule has 3 aromatic rings. The van der Waals surface area contributed by atoms with E-state index in [0.29, 0.717) is 13.0 Å². The Morgan fingerprint density at radius 1 is 1.04 bits per heavy atom. The van der Waals surface area contributed by atoms with Crippen LogP contribution in [-0.2, 0) is 17.8 Å². The molecule has 0 aliphatic carbocycles. The van der Waals surface area contributed by atoms with E-state index in [1.165, 1.54) is 5.56 Å². The van der Waals surface area contributed by atoms with Gasteiger partial charge in [0.2, 0.25) is 5.91 Å². The third kappa shape index (κ3) is 5.08. The number of amides is 1. The zero-order chi connectivity index (χ0) is 19.9. The van der Waals surface area contributed by atoms with Crippen molar-refractivity contribution in [2.45, 2.75) is 26.8 Å². The fraction of sp³-hybridized carbons (Fsp3) is 0.304. The summed E-state index contributed by atoms with van der Waals surface area (Å²) in [4.78, 5) is 14.6. The number of aryl methyl sites for hydroxylation is 1. The van der Waals surface area contributed by atoms with Gasteiger partial charge in [0.25, 0.3) is 0 Å². The Morgan fingerprint density at radius 3 is 2.36 bits per heavy atom. The topological polar surface area (TPSA) is 50.2 Å². The molecule has 2 aromatic carbocycles. The van der Waals surface area contributed by atoms with Crippen LogP contribution in [0.1, 0.15) is 22.5 Å². The monoisotopic (exact) mass is 376 g/mol. The van der Waals surface area contributed by atoms with Crippen LogP contribution in [0, 0.1) is 13.8 Å². The second kappa shape index (κ2) is 9.33. The third-order valence-electron chi connectivity index (χ3n) is 4.89. The highest BCUT2D eigenvalue weighted by Gasteiger charge is 2.15. The van der Waals surface area contributed by atoms with Gasteiger partial charge in [0.1, 0.15) is 0 Å². The van der Waals surface area contributed by atoms with Crippen LogP contribution in [0.5, 0.6) is 0 Å². The second-order valence-corrected chi connectivity index (χ2v) is 7.15. The molecule has 5 heteroatoms. The summed E-state index contributed by atoms with van der Waals surface area (Å²) < 4.78 is 1.91. The number of nitrogens with one attached hydrogen (secondary N) is 1. The van der Waals surface area contributed by atoms with Gasteiger partial charge in [-0.25, -0.2) is 4.68 Å². The number of likely N-dealkylation sites (N-methyl/N-ethyl adjacent to an activating group) is 1. The molecule has 1 heterocycles. The van der Waals surface area contributed by atoms with Crippen molar-refractivity contribution in [3.8, 4) is 5.69 Å². The van der Waals surface area contributed by atoms with Crippen LogP contribution in [0.3, 0.4) is 0 Å². The van der Waals surface area contributed by atoms with Gasteiger partial charge in [-0.15, -0.1) is 0 Å². The minimum atomic E-state index is 0.0342. The summed E-state index contributed by atoms with van der Waals surface area (Å²) in [6.07, 6.45) is 0.354. The SMILES string of the molecule is Cc1nn(-c2ccccc2)c(C)c1CC(=O)NCCN(C)Cc1ccccc1. The molecule has 0 unspecified atom stereocenters. The minimum Gasteiger partial charge on any atom is -0.355 e. The third-order valence-corrected chi connectivity index (χ3v) is 4.89. The average molecular weight is 377 g/mol. The summed E-state index contributed by atoms with van der Waals surface area (Å²) >= 11 is 0. The number of benzene rings is 2. The van der Waals surface area contributed by atoms with E-state index in [0.717, 1.165) is 35.7 Å². The first kappa shape index (κ1) is 19.8. The molecule has 0 saturated heterocycles. The van der Waals surface area contributed by atoms with E-state index in [9.17, 15) is 4.79 Å². The van der Waals surface area contributed by atoms with Gasteiger partial charge in [0, 0.05) is 30.9 Å². The summed E-state index contributed by atoms with van der Waals surface area (Å²) in [5.74, 6) is 0.0342. The molecule has 1 N–H and O–H groups in total. The number of hydrogen-bond acceptors (Lipinski definition) is 3. The molecule has 3 rings (SSSR count). The lowest BCUT2D eigenvalue weighted by Crippen LogP contribution is -2.33. The highest BCUT2D eigenvalue weighted by Crippen LogP contribution is 2.18. The van der Waals surface area contributed by atoms with E-state index >= 15 is 0 Å². The van der Waals surface area contributed by atoms with Crippen molar-refractivity contribution < 1.29 is 4.79 Å². The van der Waals surface area contributed by atoms with Crippen LogP contribution in [0.2, 0.25) is 0 Å². The summed E-state index contributed by atoms with van der Waals surface area (Å²) in [6, 6.07) is 20.4. The Kier molecular flexibility index (Phi) is 6.61. The van der Waals surface area contributed by atoms with Crippen molar-refractivity contribution in [1.82, 2.24) is 20.0 Å². The Morgan fingerprint density at radius 2 is 1.68 bits per heavy atom. The van der Waals surface area contributed by atoms with E-state index in [2.05, 4.69) is 34.5 Å². The number of carbonyl (C=O) groups excluding carboxylic acids is 1. The van der Waals surface area contributed by atoms with E-state index in [-0.39, 0.29) is 5.91 Å². The van der Waals surface area contributed by atoms with Crippen molar-refractivity contribution in [3.05, 3.63) is 83.2 Å². The van der Waals surface area contributed by atoms with E-state index < -0.39 is 0 Å². The highest BCUT2D eigenvalue weighted by atomic mass is 16.1. The van der Waals surface area contributed by atoms with Gasteiger partial charge in [0.05, 0.1) is 17.8 Å². The van der Waals surface area contributed by atoms with E-state index in [1.807, 2.05) is 67.1 Å². The van der Waals surface area contributed by atoms with Gasteiger partial charge >= 0.3 is 0 Å². The fourth-order valence-corrected chi connectivity index (χ4v) is 3.33. The molecule has 0 spiro atoms. The zero-order valence-corrected chi connectivity index (χ0v) is 16.9. The van der Waals surface area contributed by atoms with Gasteiger partial charge in [-0.1, -0.05) is 48.5 Å². The van der Waals surface area contributed by atoms with Gasteiger partial charge in [-0.05, 0) is 38.6 Å².